The van der Waals surface area contributed by atoms with E-state index in [1.54, 1.807) is 20.8 Å². The minimum atomic E-state index is -4.57. The van der Waals surface area contributed by atoms with E-state index in [4.69, 9.17) is 4.74 Å². The fourth-order valence-electron chi connectivity index (χ4n) is 3.23. The number of amides is 1. The number of alkyl halides is 3. The lowest BCUT2D eigenvalue weighted by molar-refractivity contribution is -0.320. The first kappa shape index (κ1) is 16.4. The van der Waals surface area contributed by atoms with Crippen molar-refractivity contribution in [1.82, 2.24) is 4.90 Å². The molecule has 0 unspecified atom stereocenters. The van der Waals surface area contributed by atoms with Crippen molar-refractivity contribution in [3.63, 3.8) is 0 Å². The molecule has 0 aromatic heterocycles. The van der Waals surface area contributed by atoms with Crippen molar-refractivity contribution in [2.24, 2.45) is 5.41 Å². The van der Waals surface area contributed by atoms with Crippen LogP contribution in [0.4, 0.5) is 18.0 Å². The molecule has 1 saturated carbocycles. The van der Waals surface area contributed by atoms with Crippen molar-refractivity contribution in [2.75, 3.05) is 13.1 Å². The minimum absolute atomic E-state index is 0.258. The molecule has 2 aliphatic rings. The zero-order valence-corrected chi connectivity index (χ0v) is 12.6. The molecule has 4 nitrogen and oxygen atoms in total. The summed E-state index contributed by atoms with van der Waals surface area (Å²) in [7, 11) is 0. The van der Waals surface area contributed by atoms with E-state index in [1.807, 2.05) is 0 Å². The molecule has 7 heteroatoms. The van der Waals surface area contributed by atoms with E-state index in [0.717, 1.165) is 0 Å². The van der Waals surface area contributed by atoms with Gasteiger partial charge in [-0.05, 0) is 51.9 Å². The SMILES string of the molecule is CC(C)(C)OC(=O)N1CCC2(CC1)CC(O)(C(F)(F)F)C2. The zero-order valence-electron chi connectivity index (χ0n) is 12.6. The molecule has 1 spiro atoms. The molecule has 0 bridgehead atoms. The Morgan fingerprint density at radius 3 is 2.00 bits per heavy atom. The summed E-state index contributed by atoms with van der Waals surface area (Å²) >= 11 is 0. The molecule has 1 amide bonds. The summed E-state index contributed by atoms with van der Waals surface area (Å²) in [5, 5.41) is 9.56. The quantitative estimate of drug-likeness (QED) is 0.748. The van der Waals surface area contributed by atoms with Gasteiger partial charge in [-0.15, -0.1) is 0 Å². The maximum absolute atomic E-state index is 12.7. The Labute approximate surface area is 122 Å². The van der Waals surface area contributed by atoms with Crippen LogP contribution in [0.3, 0.4) is 0 Å². The number of rotatable bonds is 0. The Morgan fingerprint density at radius 2 is 1.62 bits per heavy atom. The van der Waals surface area contributed by atoms with E-state index in [9.17, 15) is 23.1 Å². The summed E-state index contributed by atoms with van der Waals surface area (Å²) < 4.78 is 43.3. The third-order valence-corrected chi connectivity index (χ3v) is 4.34. The monoisotopic (exact) mass is 309 g/mol. The molecule has 21 heavy (non-hydrogen) atoms. The second-order valence-electron chi connectivity index (χ2n) is 7.35. The van der Waals surface area contributed by atoms with Crippen molar-refractivity contribution in [3.05, 3.63) is 0 Å². The first-order chi connectivity index (χ1) is 9.36. The first-order valence-corrected chi connectivity index (χ1v) is 7.13. The lowest BCUT2D eigenvalue weighted by Gasteiger charge is -2.56. The van der Waals surface area contributed by atoms with E-state index < -0.39 is 28.9 Å². The van der Waals surface area contributed by atoms with Crippen molar-refractivity contribution >= 4 is 6.09 Å². The van der Waals surface area contributed by atoms with Crippen LogP contribution in [0.25, 0.3) is 0 Å². The molecule has 0 atom stereocenters. The highest BCUT2D eigenvalue weighted by molar-refractivity contribution is 5.68. The number of carbonyl (C=O) groups excluding carboxylic acids is 1. The molecule has 1 saturated heterocycles. The Kier molecular flexibility index (Phi) is 3.72. The topological polar surface area (TPSA) is 49.8 Å². The van der Waals surface area contributed by atoms with Gasteiger partial charge in [0, 0.05) is 13.1 Å². The van der Waals surface area contributed by atoms with Crippen LogP contribution in [0.15, 0.2) is 0 Å². The summed E-state index contributed by atoms with van der Waals surface area (Å²) in [6.07, 6.45) is -4.56. The maximum Gasteiger partial charge on any atom is 0.417 e. The van der Waals surface area contributed by atoms with Crippen LogP contribution < -0.4 is 0 Å². The molecule has 2 fully saturated rings. The highest BCUT2D eigenvalue weighted by Gasteiger charge is 2.67. The lowest BCUT2D eigenvalue weighted by Crippen LogP contribution is -2.63. The van der Waals surface area contributed by atoms with E-state index in [1.165, 1.54) is 4.90 Å². The number of nitrogens with zero attached hydrogens (tertiary/aromatic N) is 1. The van der Waals surface area contributed by atoms with Crippen molar-refractivity contribution in [2.45, 2.75) is 63.8 Å². The van der Waals surface area contributed by atoms with Gasteiger partial charge in [-0.25, -0.2) is 4.79 Å². The van der Waals surface area contributed by atoms with Crippen molar-refractivity contribution < 1.29 is 27.8 Å². The van der Waals surface area contributed by atoms with Gasteiger partial charge in [-0.3, -0.25) is 0 Å². The van der Waals surface area contributed by atoms with E-state index in [-0.39, 0.29) is 12.8 Å². The number of hydrogen-bond acceptors (Lipinski definition) is 3. The van der Waals surface area contributed by atoms with Crippen LogP contribution in [0.2, 0.25) is 0 Å². The van der Waals surface area contributed by atoms with Gasteiger partial charge in [0.2, 0.25) is 0 Å². The van der Waals surface area contributed by atoms with Gasteiger partial charge in [-0.2, -0.15) is 13.2 Å². The molecular weight excluding hydrogens is 287 g/mol. The van der Waals surface area contributed by atoms with E-state index in [0.29, 0.717) is 25.9 Å². The maximum atomic E-state index is 12.7. The normalized spacial score (nSPS) is 24.6. The van der Waals surface area contributed by atoms with Gasteiger partial charge in [-0.1, -0.05) is 0 Å². The Morgan fingerprint density at radius 1 is 1.14 bits per heavy atom. The third kappa shape index (κ3) is 3.27. The van der Waals surface area contributed by atoms with Gasteiger partial charge < -0.3 is 14.7 Å². The van der Waals surface area contributed by atoms with Crippen LogP contribution in [-0.4, -0.2) is 46.6 Å². The van der Waals surface area contributed by atoms with Gasteiger partial charge in [0.1, 0.15) is 5.60 Å². The average Bonchev–Trinajstić information content (AvgIpc) is 2.24. The van der Waals surface area contributed by atoms with Crippen molar-refractivity contribution in [1.29, 1.82) is 0 Å². The Hall–Kier alpha value is -0.980. The number of halogens is 3. The molecule has 122 valence electrons. The largest absolute Gasteiger partial charge is 0.444 e. The highest BCUT2D eigenvalue weighted by Crippen LogP contribution is 2.59. The highest BCUT2D eigenvalue weighted by atomic mass is 19.4. The smallest absolute Gasteiger partial charge is 0.417 e. The summed E-state index contributed by atoms with van der Waals surface area (Å²) in [5.74, 6) is 0. The Balaban J connectivity index is 1.87. The van der Waals surface area contributed by atoms with E-state index in [2.05, 4.69) is 0 Å². The van der Waals surface area contributed by atoms with Crippen LogP contribution in [-0.2, 0) is 4.74 Å². The predicted octanol–water partition coefficient (Wildman–Crippen LogP) is 3.09. The van der Waals surface area contributed by atoms with E-state index >= 15 is 0 Å². The molecule has 1 N–H and O–H groups in total. The second kappa shape index (κ2) is 4.76. The van der Waals surface area contributed by atoms with Gasteiger partial charge >= 0.3 is 12.3 Å². The summed E-state index contributed by atoms with van der Waals surface area (Å²) in [6, 6.07) is 0. The lowest BCUT2D eigenvalue weighted by atomic mass is 9.55. The number of likely N-dealkylation sites (tertiary alicyclic amines) is 1. The van der Waals surface area contributed by atoms with Crippen LogP contribution in [0, 0.1) is 5.41 Å². The molecule has 0 aromatic rings. The van der Waals surface area contributed by atoms with Crippen LogP contribution in [0.1, 0.15) is 46.5 Å². The number of piperidine rings is 1. The predicted molar refractivity (Wildman–Crippen MR) is 69.7 cm³/mol. The Bertz CT molecular complexity index is 412. The minimum Gasteiger partial charge on any atom is -0.444 e. The fourth-order valence-corrected chi connectivity index (χ4v) is 3.23. The molecule has 0 radical (unpaired) electrons. The summed E-state index contributed by atoms with van der Waals surface area (Å²) in [4.78, 5) is 13.4. The molecule has 1 aliphatic carbocycles. The fraction of sp³-hybridized carbons (Fsp3) is 0.929. The third-order valence-electron chi connectivity index (χ3n) is 4.34. The molecule has 0 aromatic carbocycles. The number of carbonyl (C=O) groups is 1. The zero-order chi connectivity index (χ0) is 16.1. The molecule has 2 rings (SSSR count). The average molecular weight is 309 g/mol. The molecule has 1 heterocycles. The van der Waals surface area contributed by atoms with Crippen LogP contribution in [0.5, 0.6) is 0 Å². The first-order valence-electron chi connectivity index (χ1n) is 7.13. The van der Waals surface area contributed by atoms with Gasteiger partial charge in [0.05, 0.1) is 0 Å². The number of aliphatic hydroxyl groups is 1. The van der Waals surface area contributed by atoms with Gasteiger partial charge in [0.15, 0.2) is 5.60 Å². The molecule has 1 aliphatic heterocycles. The van der Waals surface area contributed by atoms with Crippen molar-refractivity contribution in [3.8, 4) is 0 Å². The molecular formula is C14H22F3NO3. The van der Waals surface area contributed by atoms with Gasteiger partial charge in [0.25, 0.3) is 0 Å². The number of hydrogen-bond donors (Lipinski definition) is 1. The van der Waals surface area contributed by atoms with Crippen LogP contribution >= 0.6 is 0 Å². The summed E-state index contributed by atoms with van der Waals surface area (Å²) in [6.45, 7) is 6.06. The number of ether oxygens (including phenoxy) is 1. The second-order valence-corrected chi connectivity index (χ2v) is 7.35. The standard InChI is InChI=1S/C14H22F3NO3/c1-11(2,3)21-10(19)18-6-4-12(5-7-18)8-13(20,9-12)14(15,16)17/h20H,4-9H2,1-3H3. The summed E-state index contributed by atoms with van der Waals surface area (Å²) in [5.41, 5.74) is -3.61.